The van der Waals surface area contributed by atoms with E-state index in [4.69, 9.17) is 5.73 Å². The molecule has 0 radical (unpaired) electrons. The van der Waals surface area contributed by atoms with Crippen LogP contribution in [-0.4, -0.2) is 39.5 Å². The second kappa shape index (κ2) is 8.62. The van der Waals surface area contributed by atoms with E-state index in [0.717, 1.165) is 43.0 Å². The van der Waals surface area contributed by atoms with Gasteiger partial charge in [-0.25, -0.2) is 0 Å². The van der Waals surface area contributed by atoms with E-state index in [1.807, 2.05) is 0 Å². The Bertz CT molecular complexity index is 946. The lowest BCUT2D eigenvalue weighted by Crippen LogP contribution is -2.25. The van der Waals surface area contributed by atoms with Crippen LogP contribution in [0.3, 0.4) is 0 Å². The lowest BCUT2D eigenvalue weighted by Gasteiger charge is -2.16. The molecule has 9 nitrogen and oxygen atoms in total. The van der Waals surface area contributed by atoms with Gasteiger partial charge in [-0.2, -0.15) is 5.26 Å². The van der Waals surface area contributed by atoms with Gasteiger partial charge in [0.25, 0.3) is 0 Å². The highest BCUT2D eigenvalue weighted by molar-refractivity contribution is 7.99. The van der Waals surface area contributed by atoms with Crippen LogP contribution < -0.4 is 11.1 Å². The maximum Gasteiger partial charge on any atom is 0.316 e. The van der Waals surface area contributed by atoms with Gasteiger partial charge in [-0.15, -0.1) is 21.5 Å². The summed E-state index contributed by atoms with van der Waals surface area (Å²) in [6.07, 6.45) is 3.96. The van der Waals surface area contributed by atoms with Gasteiger partial charge in [0.1, 0.15) is 17.1 Å². The topological polar surface area (TPSA) is 136 Å². The minimum absolute atomic E-state index is 0.0270. The van der Waals surface area contributed by atoms with Crippen molar-refractivity contribution < 1.29 is 14.3 Å². The van der Waals surface area contributed by atoms with Crippen LogP contribution in [-0.2, 0) is 27.2 Å². The van der Waals surface area contributed by atoms with Gasteiger partial charge in [0.15, 0.2) is 5.16 Å². The molecule has 1 amide bonds. The number of nitrogens with one attached hydrogen (secondary N) is 1. The summed E-state index contributed by atoms with van der Waals surface area (Å²) in [5.41, 5.74) is 7.49. The number of fused-ring (bicyclic) bond motifs is 1. The van der Waals surface area contributed by atoms with E-state index >= 15 is 0 Å². The zero-order chi connectivity index (χ0) is 20.3. The monoisotopic (exact) mass is 420 g/mol. The standard InChI is InChI=1S/C17H20N6O3S2/c1-9(23-16(19)21-22-17(23)27-8-13(24)26-2)14(25)20-15-11(7-18)10-5-3-4-6-12(10)28-15/h9H,3-6,8H2,1-2H3,(H2,19,21)(H,20,25). The molecular weight excluding hydrogens is 400 g/mol. The molecule has 0 saturated heterocycles. The van der Waals surface area contributed by atoms with Gasteiger partial charge in [0.05, 0.1) is 18.4 Å². The highest BCUT2D eigenvalue weighted by Crippen LogP contribution is 2.38. The Morgan fingerprint density at radius 3 is 2.89 bits per heavy atom. The van der Waals surface area contributed by atoms with E-state index in [0.29, 0.717) is 15.7 Å². The Labute approximate surface area is 170 Å². The van der Waals surface area contributed by atoms with Crippen LogP contribution in [0.4, 0.5) is 10.9 Å². The van der Waals surface area contributed by atoms with E-state index in [1.54, 1.807) is 6.92 Å². The number of hydrogen-bond acceptors (Lipinski definition) is 9. The van der Waals surface area contributed by atoms with Crippen molar-refractivity contribution in [1.29, 1.82) is 5.26 Å². The molecule has 1 unspecified atom stereocenters. The number of thiophene rings is 1. The summed E-state index contributed by atoms with van der Waals surface area (Å²) in [5.74, 6) is -0.653. The molecule has 2 aromatic heterocycles. The quantitative estimate of drug-likeness (QED) is 0.536. The third-order valence-corrected chi connectivity index (χ3v) is 6.65. The third kappa shape index (κ3) is 3.98. The number of carbonyl (C=O) groups excluding carboxylic acids is 2. The first-order valence-electron chi connectivity index (χ1n) is 8.71. The number of ether oxygens (including phenoxy) is 1. The molecule has 0 bridgehead atoms. The Balaban J connectivity index is 1.79. The lowest BCUT2D eigenvalue weighted by molar-refractivity contribution is -0.137. The highest BCUT2D eigenvalue weighted by Gasteiger charge is 2.26. The number of amides is 1. The summed E-state index contributed by atoms with van der Waals surface area (Å²) in [5, 5.41) is 21.1. The molecule has 0 aromatic carbocycles. The summed E-state index contributed by atoms with van der Waals surface area (Å²) >= 11 is 2.55. The van der Waals surface area contributed by atoms with Crippen molar-refractivity contribution in [3.8, 4) is 6.07 Å². The molecule has 1 aliphatic rings. The van der Waals surface area contributed by atoms with Crippen LogP contribution in [0.2, 0.25) is 0 Å². The maximum absolute atomic E-state index is 12.8. The fourth-order valence-corrected chi connectivity index (χ4v) is 5.14. The number of nitrogen functional groups attached to an aromatic ring is 1. The third-order valence-electron chi connectivity index (χ3n) is 4.52. The van der Waals surface area contributed by atoms with Crippen LogP contribution in [0.1, 0.15) is 41.8 Å². The zero-order valence-electron chi connectivity index (χ0n) is 15.5. The van der Waals surface area contributed by atoms with E-state index in [1.165, 1.54) is 27.9 Å². The van der Waals surface area contributed by atoms with Crippen LogP contribution in [0.15, 0.2) is 5.16 Å². The van der Waals surface area contributed by atoms with Crippen molar-refractivity contribution >= 4 is 45.9 Å². The summed E-state index contributed by atoms with van der Waals surface area (Å²) in [6.45, 7) is 1.66. The van der Waals surface area contributed by atoms with E-state index in [2.05, 4.69) is 26.3 Å². The SMILES string of the molecule is COC(=O)CSc1nnc(N)n1C(C)C(=O)Nc1sc2c(c1C#N)CCCC2. The van der Waals surface area contributed by atoms with Gasteiger partial charge in [0, 0.05) is 4.88 Å². The Kier molecular flexibility index (Phi) is 6.21. The smallest absolute Gasteiger partial charge is 0.316 e. The van der Waals surface area contributed by atoms with Gasteiger partial charge in [0.2, 0.25) is 11.9 Å². The Morgan fingerprint density at radius 1 is 1.43 bits per heavy atom. The number of carbonyl (C=O) groups is 2. The molecule has 3 rings (SSSR count). The molecular formula is C17H20N6O3S2. The number of methoxy groups -OCH3 is 1. The summed E-state index contributed by atoms with van der Waals surface area (Å²) in [4.78, 5) is 25.4. The average Bonchev–Trinajstić information content (AvgIpc) is 3.24. The second-order valence-corrected chi connectivity index (χ2v) is 8.32. The van der Waals surface area contributed by atoms with Crippen molar-refractivity contribution in [3.05, 3.63) is 16.0 Å². The van der Waals surface area contributed by atoms with Crippen molar-refractivity contribution in [1.82, 2.24) is 14.8 Å². The first-order valence-corrected chi connectivity index (χ1v) is 10.5. The molecule has 1 aliphatic carbocycles. The molecule has 1 atom stereocenters. The van der Waals surface area contributed by atoms with Crippen LogP contribution >= 0.6 is 23.1 Å². The van der Waals surface area contributed by atoms with E-state index in [-0.39, 0.29) is 17.6 Å². The first kappa shape index (κ1) is 20.2. The molecule has 2 aromatic rings. The normalized spacial score (nSPS) is 14.0. The summed E-state index contributed by atoms with van der Waals surface area (Å²) in [7, 11) is 1.30. The molecule has 3 N–H and O–H groups in total. The lowest BCUT2D eigenvalue weighted by atomic mass is 9.96. The number of anilines is 2. The molecule has 0 aliphatic heterocycles. The number of aromatic nitrogens is 3. The van der Waals surface area contributed by atoms with Gasteiger partial charge in [-0.05, 0) is 38.2 Å². The predicted octanol–water partition coefficient (Wildman–Crippen LogP) is 2.14. The minimum atomic E-state index is -0.721. The Morgan fingerprint density at radius 2 is 2.18 bits per heavy atom. The second-order valence-electron chi connectivity index (χ2n) is 6.27. The van der Waals surface area contributed by atoms with Crippen LogP contribution in [0, 0.1) is 11.3 Å². The predicted molar refractivity (Wildman–Crippen MR) is 106 cm³/mol. The number of nitrogens with zero attached hydrogens (tertiary/aromatic N) is 4. The molecule has 0 spiro atoms. The van der Waals surface area contributed by atoms with Gasteiger partial charge < -0.3 is 15.8 Å². The van der Waals surface area contributed by atoms with E-state index in [9.17, 15) is 14.9 Å². The van der Waals surface area contributed by atoms with Crippen molar-refractivity contribution in [3.63, 3.8) is 0 Å². The maximum atomic E-state index is 12.8. The summed E-state index contributed by atoms with van der Waals surface area (Å²) in [6, 6.07) is 1.51. The number of thioether (sulfide) groups is 1. The van der Waals surface area contributed by atoms with Gasteiger partial charge in [-0.3, -0.25) is 14.2 Å². The van der Waals surface area contributed by atoms with Crippen LogP contribution in [0.25, 0.3) is 0 Å². The fraction of sp³-hybridized carbons (Fsp3) is 0.471. The molecule has 11 heteroatoms. The highest BCUT2D eigenvalue weighted by atomic mass is 32.2. The van der Waals surface area contributed by atoms with Crippen LogP contribution in [0.5, 0.6) is 0 Å². The number of nitriles is 1. The molecule has 2 heterocycles. The minimum Gasteiger partial charge on any atom is -0.468 e. The molecule has 148 valence electrons. The van der Waals surface area contributed by atoms with Crippen molar-refractivity contribution in [2.45, 2.75) is 43.8 Å². The average molecular weight is 421 g/mol. The molecule has 0 fully saturated rings. The number of esters is 1. The zero-order valence-corrected chi connectivity index (χ0v) is 17.2. The molecule has 0 saturated carbocycles. The number of aryl methyl sites for hydroxylation is 1. The number of hydrogen-bond donors (Lipinski definition) is 2. The van der Waals surface area contributed by atoms with Crippen molar-refractivity contribution in [2.75, 3.05) is 23.9 Å². The number of rotatable bonds is 6. The largest absolute Gasteiger partial charge is 0.468 e. The first-order chi connectivity index (χ1) is 13.5. The van der Waals surface area contributed by atoms with Crippen molar-refractivity contribution in [2.24, 2.45) is 0 Å². The number of nitrogens with two attached hydrogens (primary N) is 1. The van der Waals surface area contributed by atoms with Gasteiger partial charge >= 0.3 is 5.97 Å². The molecule has 28 heavy (non-hydrogen) atoms. The Hall–Kier alpha value is -2.58. The van der Waals surface area contributed by atoms with E-state index < -0.39 is 12.0 Å². The van der Waals surface area contributed by atoms with Gasteiger partial charge in [-0.1, -0.05) is 11.8 Å². The summed E-state index contributed by atoms with van der Waals surface area (Å²) < 4.78 is 6.07. The fourth-order valence-electron chi connectivity index (χ4n) is 3.04.